The highest BCUT2D eigenvalue weighted by atomic mass is 32.1. The summed E-state index contributed by atoms with van der Waals surface area (Å²) in [6, 6.07) is 18.3. The van der Waals surface area contributed by atoms with Crippen LogP contribution in [0, 0.1) is 25.2 Å². The summed E-state index contributed by atoms with van der Waals surface area (Å²) in [5.41, 5.74) is 4.34. The number of nitrogens with one attached hydrogen (secondary N) is 2. The van der Waals surface area contributed by atoms with E-state index in [0.29, 0.717) is 33.5 Å². The molecule has 0 spiro atoms. The van der Waals surface area contributed by atoms with Crippen molar-refractivity contribution in [1.82, 2.24) is 10.5 Å². The second kappa shape index (κ2) is 8.65. The van der Waals surface area contributed by atoms with E-state index in [9.17, 15) is 10.1 Å². The third-order valence-electron chi connectivity index (χ3n) is 5.21. The molecule has 0 unspecified atom stereocenters. The molecule has 0 bridgehead atoms. The van der Waals surface area contributed by atoms with Crippen molar-refractivity contribution in [3.63, 3.8) is 0 Å². The van der Waals surface area contributed by atoms with Gasteiger partial charge in [-0.1, -0.05) is 29.4 Å². The molecule has 1 aliphatic rings. The molecule has 0 radical (unpaired) electrons. The largest absolute Gasteiger partial charge is 0.360 e. The Morgan fingerprint density at radius 2 is 1.97 bits per heavy atom. The number of rotatable bonds is 4. The Morgan fingerprint density at radius 3 is 2.66 bits per heavy atom. The Balaban J connectivity index is 1.83. The molecule has 2 heterocycles. The fourth-order valence-corrected chi connectivity index (χ4v) is 4.12. The number of anilines is 2. The first-order chi connectivity index (χ1) is 15.4. The molecule has 0 aliphatic carbocycles. The molecule has 0 saturated carbocycles. The predicted octanol–water partition coefficient (Wildman–Crippen LogP) is 4.51. The van der Waals surface area contributed by atoms with Gasteiger partial charge in [-0.05, 0) is 68.4 Å². The molecule has 160 valence electrons. The van der Waals surface area contributed by atoms with E-state index in [1.165, 1.54) is 0 Å². The number of hydrogen-bond donors (Lipinski definition) is 2. The highest BCUT2D eigenvalue weighted by molar-refractivity contribution is 7.80. The zero-order chi connectivity index (χ0) is 22.8. The van der Waals surface area contributed by atoms with Crippen LogP contribution >= 0.6 is 12.2 Å². The van der Waals surface area contributed by atoms with Gasteiger partial charge in [0.25, 0.3) is 5.91 Å². The van der Waals surface area contributed by atoms with Crippen LogP contribution in [0.4, 0.5) is 11.5 Å². The number of thiocarbonyl (C=S) groups is 1. The van der Waals surface area contributed by atoms with Gasteiger partial charge in [-0.3, -0.25) is 9.69 Å². The maximum absolute atomic E-state index is 13.5. The molecule has 1 atom stereocenters. The summed E-state index contributed by atoms with van der Waals surface area (Å²) in [5.74, 6) is 0.581. The first kappa shape index (κ1) is 21.3. The van der Waals surface area contributed by atoms with Gasteiger partial charge in [-0.2, -0.15) is 5.26 Å². The van der Waals surface area contributed by atoms with Gasteiger partial charge in [0.1, 0.15) is 5.76 Å². The molecule has 2 aromatic carbocycles. The lowest BCUT2D eigenvalue weighted by atomic mass is 9.93. The van der Waals surface area contributed by atoms with Crippen molar-refractivity contribution in [2.75, 3.05) is 10.2 Å². The van der Waals surface area contributed by atoms with Gasteiger partial charge in [0, 0.05) is 17.5 Å². The molecular formula is C24H21N5O2S. The van der Waals surface area contributed by atoms with Gasteiger partial charge in [-0.25, -0.2) is 0 Å². The number of allylic oxidation sites excluding steroid dienone is 1. The predicted molar refractivity (Wildman–Crippen MR) is 126 cm³/mol. The summed E-state index contributed by atoms with van der Waals surface area (Å²) in [6.07, 6.45) is 0. The number of nitrogens with zero attached hydrogens (tertiary/aromatic N) is 3. The van der Waals surface area contributed by atoms with E-state index in [0.717, 1.165) is 16.8 Å². The van der Waals surface area contributed by atoms with Crippen LogP contribution in [-0.4, -0.2) is 16.2 Å². The van der Waals surface area contributed by atoms with Crippen LogP contribution in [0.2, 0.25) is 0 Å². The lowest BCUT2D eigenvalue weighted by molar-refractivity contribution is -0.113. The first-order valence-electron chi connectivity index (χ1n) is 10.00. The fourth-order valence-electron chi connectivity index (χ4n) is 3.76. The highest BCUT2D eigenvalue weighted by Gasteiger charge is 2.35. The highest BCUT2D eigenvalue weighted by Crippen LogP contribution is 2.34. The summed E-state index contributed by atoms with van der Waals surface area (Å²) < 4.78 is 5.08. The number of aryl methyl sites for hydroxylation is 2. The Bertz CT molecular complexity index is 1290. The normalized spacial score (nSPS) is 15.9. The van der Waals surface area contributed by atoms with E-state index in [4.69, 9.17) is 16.7 Å². The van der Waals surface area contributed by atoms with Crippen molar-refractivity contribution in [1.29, 1.82) is 5.26 Å². The number of carbonyl (C=O) groups excluding carboxylic acids is 1. The van der Waals surface area contributed by atoms with Crippen molar-refractivity contribution in [3.8, 4) is 6.07 Å². The van der Waals surface area contributed by atoms with E-state index in [1.54, 1.807) is 31.2 Å². The topological polar surface area (TPSA) is 94.2 Å². The second-order valence-electron chi connectivity index (χ2n) is 7.57. The molecule has 2 N–H and O–H groups in total. The SMILES string of the molecule is CC1=C(C(=O)Nc2cc(C)on2)[C@@H](c2cccc(C#N)c2)NC(=S)N1c1cccc(C)c1. The van der Waals surface area contributed by atoms with Crippen LogP contribution in [-0.2, 0) is 4.79 Å². The minimum absolute atomic E-state index is 0.326. The molecule has 32 heavy (non-hydrogen) atoms. The van der Waals surface area contributed by atoms with Crippen LogP contribution < -0.4 is 15.5 Å². The van der Waals surface area contributed by atoms with E-state index < -0.39 is 6.04 Å². The van der Waals surface area contributed by atoms with Gasteiger partial charge in [0.15, 0.2) is 10.9 Å². The van der Waals surface area contributed by atoms with E-state index in [2.05, 4.69) is 21.9 Å². The first-order valence-corrected chi connectivity index (χ1v) is 10.4. The monoisotopic (exact) mass is 443 g/mol. The third kappa shape index (κ3) is 4.11. The van der Waals surface area contributed by atoms with Crippen LogP contribution in [0.5, 0.6) is 0 Å². The second-order valence-corrected chi connectivity index (χ2v) is 7.96. The number of nitriles is 1. The molecule has 1 aromatic heterocycles. The maximum atomic E-state index is 13.5. The average Bonchev–Trinajstić information content (AvgIpc) is 3.17. The molecule has 3 aromatic rings. The lowest BCUT2D eigenvalue weighted by Crippen LogP contribution is -2.48. The number of hydrogen-bond acceptors (Lipinski definition) is 5. The minimum Gasteiger partial charge on any atom is -0.360 e. The van der Waals surface area contributed by atoms with Crippen molar-refractivity contribution in [2.45, 2.75) is 26.8 Å². The van der Waals surface area contributed by atoms with Crippen molar-refractivity contribution >= 4 is 34.7 Å². The lowest BCUT2D eigenvalue weighted by Gasteiger charge is -2.38. The van der Waals surface area contributed by atoms with Gasteiger partial charge in [0.2, 0.25) is 0 Å². The average molecular weight is 444 g/mol. The van der Waals surface area contributed by atoms with Gasteiger partial charge >= 0.3 is 0 Å². The van der Waals surface area contributed by atoms with Gasteiger partial charge < -0.3 is 15.2 Å². The molecule has 0 fully saturated rings. The van der Waals surface area contributed by atoms with Crippen LogP contribution in [0.3, 0.4) is 0 Å². The van der Waals surface area contributed by atoms with Crippen molar-refractivity contribution in [3.05, 3.63) is 88.3 Å². The molecule has 1 aliphatic heterocycles. The van der Waals surface area contributed by atoms with E-state index in [1.807, 2.05) is 49.1 Å². The molecule has 4 rings (SSSR count). The maximum Gasteiger partial charge on any atom is 0.257 e. The van der Waals surface area contributed by atoms with Crippen LogP contribution in [0.1, 0.15) is 35.4 Å². The summed E-state index contributed by atoms with van der Waals surface area (Å²) in [5, 5.41) is 19.8. The number of amides is 1. The smallest absolute Gasteiger partial charge is 0.257 e. The van der Waals surface area contributed by atoms with Crippen LogP contribution in [0.25, 0.3) is 0 Å². The van der Waals surface area contributed by atoms with Gasteiger partial charge in [-0.15, -0.1) is 0 Å². The zero-order valence-electron chi connectivity index (χ0n) is 17.8. The Labute approximate surface area is 191 Å². The fraction of sp³-hybridized carbons (Fsp3) is 0.167. The Hall–Kier alpha value is -3.96. The van der Waals surface area contributed by atoms with Crippen molar-refractivity contribution in [2.24, 2.45) is 0 Å². The summed E-state index contributed by atoms with van der Waals surface area (Å²) in [6.45, 7) is 5.61. The summed E-state index contributed by atoms with van der Waals surface area (Å²) in [7, 11) is 0. The quantitative estimate of drug-likeness (QED) is 0.573. The number of aromatic nitrogens is 1. The van der Waals surface area contributed by atoms with Crippen LogP contribution in [0.15, 0.2) is 70.4 Å². The van der Waals surface area contributed by atoms with E-state index in [-0.39, 0.29) is 5.91 Å². The molecule has 1 amide bonds. The molecule has 0 saturated heterocycles. The zero-order valence-corrected chi connectivity index (χ0v) is 18.7. The molecular weight excluding hydrogens is 422 g/mol. The molecule has 7 nitrogen and oxygen atoms in total. The Morgan fingerprint density at radius 1 is 1.19 bits per heavy atom. The summed E-state index contributed by atoms with van der Waals surface area (Å²) in [4.78, 5) is 15.3. The Kier molecular flexibility index (Phi) is 5.75. The molecule has 8 heteroatoms. The van der Waals surface area contributed by atoms with Gasteiger partial charge in [0.05, 0.1) is 23.2 Å². The number of carbonyl (C=O) groups is 1. The summed E-state index contributed by atoms with van der Waals surface area (Å²) >= 11 is 5.70. The van der Waals surface area contributed by atoms with Crippen molar-refractivity contribution < 1.29 is 9.32 Å². The number of benzene rings is 2. The third-order valence-corrected chi connectivity index (χ3v) is 5.51. The minimum atomic E-state index is -0.537. The van der Waals surface area contributed by atoms with E-state index >= 15 is 0 Å². The standard InChI is InChI=1S/C24H21N5O2S/c1-14-6-4-9-19(10-14)29-16(3)21(23(30)26-20-11-15(2)31-28-20)22(27-24(29)32)18-8-5-7-17(12-18)13-25/h4-12,22H,1-3H3,(H,27,32)(H,26,28,30)/t22-/m1/s1.